The number of aromatic nitrogens is 2. The van der Waals surface area contributed by atoms with Gasteiger partial charge in [0.15, 0.2) is 0 Å². The monoisotopic (exact) mass is 490 g/mol. The van der Waals surface area contributed by atoms with Crippen LogP contribution in [0.2, 0.25) is 0 Å². The van der Waals surface area contributed by atoms with Crippen molar-refractivity contribution < 1.29 is 23.5 Å². The molecule has 0 saturated carbocycles. The van der Waals surface area contributed by atoms with E-state index in [1.807, 2.05) is 35.8 Å². The summed E-state index contributed by atoms with van der Waals surface area (Å²) in [6.07, 6.45) is 3.51. The number of nitrogens with one attached hydrogen (secondary N) is 1. The second kappa shape index (κ2) is 10.9. The topological polar surface area (TPSA) is 87.5 Å². The maximum Gasteiger partial charge on any atom is 0.304 e. The van der Waals surface area contributed by atoms with Crippen molar-refractivity contribution in [2.75, 3.05) is 25.5 Å². The minimum Gasteiger partial charge on any atom is -0.390 e. The summed E-state index contributed by atoms with van der Waals surface area (Å²) < 4.78 is 29.5. The van der Waals surface area contributed by atoms with Gasteiger partial charge < -0.3 is 14.6 Å². The molecular weight excluding hydrogens is 462 g/mol. The van der Waals surface area contributed by atoms with E-state index in [1.54, 1.807) is 11.9 Å². The summed E-state index contributed by atoms with van der Waals surface area (Å²) in [6, 6.07) is 9.95. The van der Waals surface area contributed by atoms with E-state index in [4.69, 9.17) is 5.11 Å². The summed E-state index contributed by atoms with van der Waals surface area (Å²) in [6.45, 7) is 4.78. The lowest BCUT2D eigenvalue weighted by Crippen LogP contribution is -2.26. The van der Waals surface area contributed by atoms with E-state index in [-0.39, 0.29) is 21.7 Å². The zero-order chi connectivity index (χ0) is 24.9. The van der Waals surface area contributed by atoms with Crippen LogP contribution in [0, 0.1) is 0 Å². The third-order valence-electron chi connectivity index (χ3n) is 5.63. The Balaban J connectivity index is 1.85. The van der Waals surface area contributed by atoms with Crippen molar-refractivity contribution in [2.45, 2.75) is 38.2 Å². The fourth-order valence-electron chi connectivity index (χ4n) is 3.75. The molecule has 10 heteroatoms. The van der Waals surface area contributed by atoms with E-state index in [2.05, 4.69) is 16.9 Å². The fourth-order valence-corrected chi connectivity index (χ4v) is 4.61. The number of anilines is 1. The molecule has 1 atom stereocenters. The number of aliphatic hydroxyl groups excluding tert-OH is 1. The van der Waals surface area contributed by atoms with Crippen molar-refractivity contribution in [3.63, 3.8) is 0 Å². The van der Waals surface area contributed by atoms with Crippen molar-refractivity contribution in [2.24, 2.45) is 0 Å². The van der Waals surface area contributed by atoms with E-state index in [9.17, 15) is 18.4 Å². The normalized spacial score (nSPS) is 12.5. The molecule has 0 bridgehead atoms. The standard InChI is InChI=1S/C24H28F2N4O3S/c1-4-16(9-8-14-29(3)21(32)5-2)30-18-11-7-6-10-17(18)27-23(30)28-22(33)19-12-13-20(34-19)24(25,26)15-31/h5-7,10-13,16,31H,2,4,8-9,14-15H2,1,3H3,(H,27,28,33)/t16-/m0/s1. The van der Waals surface area contributed by atoms with Gasteiger partial charge in [0.05, 0.1) is 20.8 Å². The summed E-state index contributed by atoms with van der Waals surface area (Å²) in [5, 5.41) is 11.7. The van der Waals surface area contributed by atoms with Crippen molar-refractivity contribution in [3.05, 3.63) is 58.8 Å². The molecular formula is C24H28F2N4O3S. The van der Waals surface area contributed by atoms with E-state index >= 15 is 0 Å². The predicted octanol–water partition coefficient (Wildman–Crippen LogP) is 4.81. The molecule has 0 aliphatic carbocycles. The summed E-state index contributed by atoms with van der Waals surface area (Å²) in [5.74, 6) is -3.76. The largest absolute Gasteiger partial charge is 0.390 e. The Morgan fingerprint density at radius 2 is 2.06 bits per heavy atom. The van der Waals surface area contributed by atoms with Gasteiger partial charge >= 0.3 is 5.92 Å². The lowest BCUT2D eigenvalue weighted by atomic mass is 10.1. The number of nitrogens with zero attached hydrogens (tertiary/aromatic N) is 3. The van der Waals surface area contributed by atoms with E-state index in [0.717, 1.165) is 30.8 Å². The molecule has 182 valence electrons. The van der Waals surface area contributed by atoms with Crippen molar-refractivity contribution in [3.8, 4) is 0 Å². The molecule has 2 N–H and O–H groups in total. The van der Waals surface area contributed by atoms with Gasteiger partial charge in [-0.15, -0.1) is 11.3 Å². The van der Waals surface area contributed by atoms with Gasteiger partial charge in [0.25, 0.3) is 5.91 Å². The van der Waals surface area contributed by atoms with Crippen LogP contribution >= 0.6 is 11.3 Å². The number of benzene rings is 1. The molecule has 34 heavy (non-hydrogen) atoms. The first-order valence-corrected chi connectivity index (χ1v) is 11.8. The van der Waals surface area contributed by atoms with Gasteiger partial charge in [0, 0.05) is 19.6 Å². The second-order valence-corrected chi connectivity index (χ2v) is 9.03. The Kier molecular flexibility index (Phi) is 8.16. The summed E-state index contributed by atoms with van der Waals surface area (Å²) >= 11 is 0.636. The van der Waals surface area contributed by atoms with Gasteiger partial charge in [-0.25, -0.2) is 4.98 Å². The summed E-state index contributed by atoms with van der Waals surface area (Å²) in [7, 11) is 1.72. The number of imidazole rings is 1. The van der Waals surface area contributed by atoms with Crippen molar-refractivity contribution >= 4 is 40.1 Å². The minimum absolute atomic E-state index is 0.00690. The Morgan fingerprint density at radius 3 is 2.74 bits per heavy atom. The molecule has 2 heterocycles. The quantitative estimate of drug-likeness (QED) is 0.378. The maximum atomic E-state index is 13.8. The molecule has 0 aliphatic rings. The molecule has 0 fully saturated rings. The third kappa shape index (κ3) is 5.51. The number of carbonyl (C=O) groups is 2. The van der Waals surface area contributed by atoms with Gasteiger partial charge in [0.1, 0.15) is 6.61 Å². The number of carbonyl (C=O) groups excluding carboxylic acids is 2. The number of rotatable bonds is 11. The highest BCUT2D eigenvalue weighted by molar-refractivity contribution is 7.14. The van der Waals surface area contributed by atoms with Crippen LogP contribution in [0.3, 0.4) is 0 Å². The Labute approximate surface area is 200 Å². The molecule has 3 aromatic rings. The maximum absolute atomic E-state index is 13.8. The first-order chi connectivity index (χ1) is 16.2. The number of hydrogen-bond acceptors (Lipinski definition) is 5. The molecule has 2 amide bonds. The zero-order valence-electron chi connectivity index (χ0n) is 19.1. The number of aliphatic hydroxyl groups is 1. The molecule has 0 radical (unpaired) electrons. The van der Waals surface area contributed by atoms with Crippen LogP contribution in [0.1, 0.15) is 46.8 Å². The van der Waals surface area contributed by atoms with Crippen LogP contribution in [0.25, 0.3) is 11.0 Å². The number of likely N-dealkylation sites (N-methyl/N-ethyl adjacent to an activating group) is 1. The SMILES string of the molecule is C=CC(=O)N(C)CCC[C@H](CC)n1c(NC(=O)c2ccc(C(F)(F)CO)s2)nc2ccccc21. The van der Waals surface area contributed by atoms with Crippen LogP contribution in [0.15, 0.2) is 49.1 Å². The number of hydrogen-bond donors (Lipinski definition) is 2. The number of amides is 2. The average molecular weight is 491 g/mol. The highest BCUT2D eigenvalue weighted by Crippen LogP contribution is 2.34. The molecule has 3 rings (SSSR count). The second-order valence-electron chi connectivity index (χ2n) is 7.94. The van der Waals surface area contributed by atoms with Gasteiger partial charge in [-0.3, -0.25) is 14.9 Å². The highest BCUT2D eigenvalue weighted by Gasteiger charge is 2.33. The number of fused-ring (bicyclic) bond motifs is 1. The number of alkyl halides is 2. The van der Waals surface area contributed by atoms with Gasteiger partial charge in [-0.1, -0.05) is 25.6 Å². The zero-order valence-corrected chi connectivity index (χ0v) is 19.9. The van der Waals surface area contributed by atoms with Crippen LogP contribution in [0.4, 0.5) is 14.7 Å². The van der Waals surface area contributed by atoms with Crippen LogP contribution in [-0.4, -0.2) is 51.6 Å². The minimum atomic E-state index is -3.40. The Morgan fingerprint density at radius 1 is 1.32 bits per heavy atom. The predicted molar refractivity (Wildman–Crippen MR) is 129 cm³/mol. The van der Waals surface area contributed by atoms with Crippen molar-refractivity contribution in [1.29, 1.82) is 0 Å². The molecule has 0 aliphatic heterocycles. The first-order valence-electron chi connectivity index (χ1n) is 11.0. The number of halogens is 2. The molecule has 0 saturated heterocycles. The van der Waals surface area contributed by atoms with Gasteiger partial charge in [-0.2, -0.15) is 8.78 Å². The number of para-hydroxylation sites is 2. The molecule has 1 aromatic carbocycles. The molecule has 0 spiro atoms. The van der Waals surface area contributed by atoms with Gasteiger partial charge in [0.2, 0.25) is 11.9 Å². The lowest BCUT2D eigenvalue weighted by Gasteiger charge is -2.22. The molecule has 0 unspecified atom stereocenters. The Hall–Kier alpha value is -3.11. The fraction of sp³-hybridized carbons (Fsp3) is 0.375. The lowest BCUT2D eigenvalue weighted by molar-refractivity contribution is -0.124. The summed E-state index contributed by atoms with van der Waals surface area (Å²) in [4.78, 5) is 30.5. The first kappa shape index (κ1) is 25.5. The van der Waals surface area contributed by atoms with E-state index in [0.29, 0.717) is 29.3 Å². The highest BCUT2D eigenvalue weighted by atomic mass is 32.1. The van der Waals surface area contributed by atoms with E-state index in [1.165, 1.54) is 12.1 Å². The van der Waals surface area contributed by atoms with Crippen LogP contribution in [-0.2, 0) is 10.7 Å². The molecule has 7 nitrogen and oxygen atoms in total. The smallest absolute Gasteiger partial charge is 0.304 e. The Bertz CT molecular complexity index is 1170. The summed E-state index contributed by atoms with van der Waals surface area (Å²) in [5.41, 5.74) is 1.55. The average Bonchev–Trinajstić information content (AvgIpc) is 3.47. The van der Waals surface area contributed by atoms with Crippen molar-refractivity contribution in [1.82, 2.24) is 14.5 Å². The third-order valence-corrected chi connectivity index (χ3v) is 6.82. The number of thiophene rings is 1. The molecule has 2 aromatic heterocycles. The van der Waals surface area contributed by atoms with Crippen LogP contribution in [0.5, 0.6) is 0 Å². The van der Waals surface area contributed by atoms with Crippen LogP contribution < -0.4 is 5.32 Å². The van der Waals surface area contributed by atoms with E-state index < -0.39 is 18.4 Å². The van der Waals surface area contributed by atoms with Gasteiger partial charge in [-0.05, 0) is 49.6 Å².